The maximum atomic E-state index is 14.9. The van der Waals surface area contributed by atoms with Crippen LogP contribution in [0.15, 0.2) is 66.3 Å². The molecule has 1 atom stereocenters. The highest BCUT2D eigenvalue weighted by Gasteiger charge is 2.43. The molecule has 5 rings (SSSR count). The van der Waals surface area contributed by atoms with Crippen LogP contribution in [-0.2, 0) is 22.2 Å². The van der Waals surface area contributed by atoms with Crippen molar-refractivity contribution in [2.24, 2.45) is 0 Å². The minimum Gasteiger partial charge on any atom is -0.457 e. The predicted molar refractivity (Wildman–Crippen MR) is 161 cm³/mol. The van der Waals surface area contributed by atoms with Crippen LogP contribution in [0.1, 0.15) is 11.3 Å². The zero-order valence-corrected chi connectivity index (χ0v) is 25.4. The standard InChI is InChI=1S/C30H27F6N7O3S/c1-42(28(45)30(34,35)36)15-20-16-43(12-11-37-20)26-22(7-8-23(25(26)29(31,32)33)46-21-5-3-2-4-6-21)41-24(44)13-19-17-47-27(40-19)18-9-10-38-39-14-18/h2-10,14,17,20,37H,11-13,15-16H2,1H3,(H,41,44)/t20-/m0/s1. The van der Waals surface area contributed by atoms with E-state index in [1.807, 2.05) is 0 Å². The van der Waals surface area contributed by atoms with Gasteiger partial charge in [-0.15, -0.1) is 11.3 Å². The Labute approximate surface area is 268 Å². The molecule has 0 spiro atoms. The lowest BCUT2D eigenvalue weighted by Gasteiger charge is -2.39. The summed E-state index contributed by atoms with van der Waals surface area (Å²) in [7, 11) is 0.965. The molecule has 17 heteroatoms. The maximum Gasteiger partial charge on any atom is 0.471 e. The molecule has 4 aromatic rings. The number of rotatable bonds is 9. The van der Waals surface area contributed by atoms with Gasteiger partial charge in [0, 0.05) is 50.2 Å². The van der Waals surface area contributed by atoms with Crippen molar-refractivity contribution in [3.05, 3.63) is 77.6 Å². The molecule has 2 N–H and O–H groups in total. The van der Waals surface area contributed by atoms with E-state index in [2.05, 4.69) is 25.8 Å². The number of hydrogen-bond acceptors (Lipinski definition) is 9. The van der Waals surface area contributed by atoms with E-state index in [0.29, 0.717) is 21.2 Å². The molecular formula is C30H27F6N7O3S. The molecule has 2 aromatic heterocycles. The fourth-order valence-corrected chi connectivity index (χ4v) is 5.86. The van der Waals surface area contributed by atoms with Gasteiger partial charge in [0.1, 0.15) is 22.1 Å². The molecule has 0 aliphatic carbocycles. The van der Waals surface area contributed by atoms with Crippen LogP contribution in [0.4, 0.5) is 37.7 Å². The zero-order valence-electron chi connectivity index (χ0n) is 24.6. The van der Waals surface area contributed by atoms with Gasteiger partial charge in [-0.05, 0) is 30.3 Å². The summed E-state index contributed by atoms with van der Waals surface area (Å²) in [6, 6.07) is 11.1. The number of hydrogen-bond donors (Lipinski definition) is 2. The summed E-state index contributed by atoms with van der Waals surface area (Å²) in [4.78, 5) is 31.2. The van der Waals surface area contributed by atoms with Crippen LogP contribution in [0.2, 0.25) is 0 Å². The van der Waals surface area contributed by atoms with Gasteiger partial charge in [0.05, 0.1) is 35.9 Å². The third-order valence-corrected chi connectivity index (χ3v) is 7.99. The monoisotopic (exact) mass is 679 g/mol. The highest BCUT2D eigenvalue weighted by Crippen LogP contribution is 2.48. The number of nitrogens with zero attached hydrogens (tertiary/aromatic N) is 5. The minimum atomic E-state index is -5.11. The average molecular weight is 680 g/mol. The molecule has 0 unspecified atom stereocenters. The van der Waals surface area contributed by atoms with Crippen molar-refractivity contribution in [1.82, 2.24) is 25.4 Å². The highest BCUT2D eigenvalue weighted by atomic mass is 32.1. The van der Waals surface area contributed by atoms with Crippen molar-refractivity contribution in [3.8, 4) is 22.1 Å². The number of thiazole rings is 1. The smallest absolute Gasteiger partial charge is 0.457 e. The summed E-state index contributed by atoms with van der Waals surface area (Å²) < 4.78 is 89.4. The van der Waals surface area contributed by atoms with Crippen LogP contribution in [0, 0.1) is 0 Å². The normalized spacial score (nSPS) is 15.3. The summed E-state index contributed by atoms with van der Waals surface area (Å²) in [6.45, 7) is -0.564. The number of piperazine rings is 1. The lowest BCUT2D eigenvalue weighted by atomic mass is 10.0. The van der Waals surface area contributed by atoms with Crippen molar-refractivity contribution < 1.29 is 40.7 Å². The van der Waals surface area contributed by atoms with Gasteiger partial charge in [0.15, 0.2) is 0 Å². The Bertz CT molecular complexity index is 1700. The minimum absolute atomic E-state index is 0.00356. The van der Waals surface area contributed by atoms with Crippen LogP contribution in [0.3, 0.4) is 0 Å². The number of anilines is 2. The number of para-hydroxylation sites is 1. The van der Waals surface area contributed by atoms with E-state index in [9.17, 15) is 35.9 Å². The van der Waals surface area contributed by atoms with Crippen molar-refractivity contribution in [1.29, 1.82) is 0 Å². The van der Waals surface area contributed by atoms with Crippen LogP contribution in [0.25, 0.3) is 10.6 Å². The number of carbonyl (C=O) groups excluding carboxylic acids is 2. The summed E-state index contributed by atoms with van der Waals surface area (Å²) >= 11 is 1.26. The lowest BCUT2D eigenvalue weighted by Crippen LogP contribution is -2.56. The van der Waals surface area contributed by atoms with Gasteiger partial charge in [-0.2, -0.15) is 36.5 Å². The molecular weight excluding hydrogens is 652 g/mol. The third-order valence-electron chi connectivity index (χ3n) is 7.05. The molecule has 1 fully saturated rings. The first-order chi connectivity index (χ1) is 22.3. The highest BCUT2D eigenvalue weighted by molar-refractivity contribution is 7.13. The number of alkyl halides is 6. The Hall–Kier alpha value is -4.77. The Balaban J connectivity index is 1.47. The number of carbonyl (C=O) groups is 2. The first kappa shape index (κ1) is 33.6. The molecule has 248 valence electrons. The van der Waals surface area contributed by atoms with Crippen molar-refractivity contribution in [2.45, 2.75) is 24.8 Å². The van der Waals surface area contributed by atoms with Crippen LogP contribution < -0.4 is 20.3 Å². The first-order valence-electron chi connectivity index (χ1n) is 14.1. The number of nitrogens with one attached hydrogen (secondary N) is 2. The van der Waals surface area contributed by atoms with Gasteiger partial charge in [-0.3, -0.25) is 9.59 Å². The quantitative estimate of drug-likeness (QED) is 0.227. The zero-order chi connectivity index (χ0) is 33.8. The van der Waals surface area contributed by atoms with Crippen LogP contribution >= 0.6 is 11.3 Å². The molecule has 0 radical (unpaired) electrons. The summed E-state index contributed by atoms with van der Waals surface area (Å²) in [5.41, 5.74) is -0.728. The van der Waals surface area contributed by atoms with Crippen molar-refractivity contribution >= 4 is 34.5 Å². The Morgan fingerprint density at radius 3 is 2.53 bits per heavy atom. The number of likely N-dealkylation sites (N-methyl/N-ethyl adjacent to an activating group) is 1. The predicted octanol–water partition coefficient (Wildman–Crippen LogP) is 5.39. The summed E-state index contributed by atoms with van der Waals surface area (Å²) in [5.74, 6) is -3.13. The number of halogens is 6. The molecule has 10 nitrogen and oxygen atoms in total. The molecule has 0 saturated carbocycles. The fourth-order valence-electron chi connectivity index (χ4n) is 5.05. The van der Waals surface area contributed by atoms with Gasteiger partial charge in [-0.1, -0.05) is 18.2 Å². The maximum absolute atomic E-state index is 14.9. The molecule has 1 aliphatic rings. The number of amides is 2. The van der Waals surface area contributed by atoms with Gasteiger partial charge < -0.3 is 25.2 Å². The summed E-state index contributed by atoms with van der Waals surface area (Å²) in [6.07, 6.45) is -7.36. The third kappa shape index (κ3) is 8.34. The largest absolute Gasteiger partial charge is 0.471 e. The van der Waals surface area contributed by atoms with E-state index in [-0.39, 0.29) is 37.5 Å². The van der Waals surface area contributed by atoms with E-state index >= 15 is 0 Å². The van der Waals surface area contributed by atoms with Gasteiger partial charge in [0.2, 0.25) is 5.91 Å². The second kappa shape index (κ2) is 13.9. The van der Waals surface area contributed by atoms with E-state index in [1.165, 1.54) is 46.8 Å². The van der Waals surface area contributed by atoms with Crippen molar-refractivity contribution in [3.63, 3.8) is 0 Å². The molecule has 47 heavy (non-hydrogen) atoms. The van der Waals surface area contributed by atoms with E-state index in [1.54, 1.807) is 29.6 Å². The van der Waals surface area contributed by atoms with Crippen LogP contribution in [0.5, 0.6) is 11.5 Å². The Morgan fingerprint density at radius 2 is 1.85 bits per heavy atom. The molecule has 1 saturated heterocycles. The average Bonchev–Trinajstić information content (AvgIpc) is 3.49. The van der Waals surface area contributed by atoms with Gasteiger partial charge in [-0.25, -0.2) is 4.98 Å². The molecule has 2 amide bonds. The number of benzene rings is 2. The van der Waals surface area contributed by atoms with Crippen LogP contribution in [-0.4, -0.2) is 77.3 Å². The molecule has 2 aromatic carbocycles. The topological polar surface area (TPSA) is 113 Å². The molecule has 3 heterocycles. The molecule has 0 bridgehead atoms. The van der Waals surface area contributed by atoms with E-state index in [0.717, 1.165) is 13.1 Å². The second-order valence-corrected chi connectivity index (χ2v) is 11.4. The van der Waals surface area contributed by atoms with Crippen molar-refractivity contribution in [2.75, 3.05) is 43.4 Å². The van der Waals surface area contributed by atoms with Gasteiger partial charge in [0.25, 0.3) is 0 Å². The van der Waals surface area contributed by atoms with E-state index < -0.39 is 53.8 Å². The first-order valence-corrected chi connectivity index (χ1v) is 15.0. The fraction of sp³-hybridized carbons (Fsp3) is 0.300. The SMILES string of the molecule is CN(C[C@H]1CN(c2c(NC(=O)Cc3csc(-c4ccnnc4)n3)ccc(Oc3ccccc3)c2C(F)(F)F)CCN1)C(=O)C(F)(F)F. The number of ether oxygens (including phenoxy) is 1. The molecule has 1 aliphatic heterocycles. The Morgan fingerprint density at radius 1 is 1.09 bits per heavy atom. The van der Waals surface area contributed by atoms with Gasteiger partial charge >= 0.3 is 18.3 Å². The number of aromatic nitrogens is 3. The van der Waals surface area contributed by atoms with E-state index in [4.69, 9.17) is 4.74 Å². The summed E-state index contributed by atoms with van der Waals surface area (Å²) in [5, 5.41) is 15.3. The Kier molecular flexibility index (Phi) is 9.95. The second-order valence-electron chi connectivity index (χ2n) is 10.5. The lowest BCUT2D eigenvalue weighted by molar-refractivity contribution is -0.184.